The van der Waals surface area contributed by atoms with Crippen molar-refractivity contribution in [2.75, 3.05) is 0 Å². The van der Waals surface area contributed by atoms with Crippen LogP contribution in [0.4, 0.5) is 0 Å². The molecule has 0 saturated carbocycles. The van der Waals surface area contributed by atoms with Gasteiger partial charge in [-0.1, -0.05) is 84.0 Å². The van der Waals surface area contributed by atoms with E-state index in [2.05, 4.69) is 71.2 Å². The fourth-order valence-corrected chi connectivity index (χ4v) is 9.50. The molecule has 0 saturated heterocycles. The molecular weight excluding hydrogens is 320 g/mol. The summed E-state index contributed by atoms with van der Waals surface area (Å²) in [6.45, 7) is 13.6. The van der Waals surface area contributed by atoms with Crippen molar-refractivity contribution in [2.24, 2.45) is 0 Å². The molecule has 0 aromatic heterocycles. The van der Waals surface area contributed by atoms with Crippen LogP contribution in [0.15, 0.2) is 42.5 Å². The normalized spacial score (nSPS) is 11.9. The lowest BCUT2D eigenvalue weighted by Gasteiger charge is -2.37. The van der Waals surface area contributed by atoms with Crippen LogP contribution in [0.1, 0.15) is 47.1 Å². The summed E-state index contributed by atoms with van der Waals surface area (Å²) in [5.41, 5.74) is 6.25. The maximum Gasteiger partial charge on any atom is 0.209 e. The van der Waals surface area contributed by atoms with Crippen molar-refractivity contribution in [3.05, 3.63) is 48.0 Å². The third-order valence-electron chi connectivity index (χ3n) is 5.52. The second-order valence-corrected chi connectivity index (χ2v) is 13.5. The standard InChI is InChI=1S/C23H30OSi/c1-17(2)25(18(3)4,19(5)6)15-14-22(24)16-21-12-9-11-20-10-7-8-13-23(20)21/h7-13,17-19H,16H2,1-6H3. The zero-order chi connectivity index (χ0) is 18.6. The van der Waals surface area contributed by atoms with Gasteiger partial charge in [0, 0.05) is 6.42 Å². The summed E-state index contributed by atoms with van der Waals surface area (Å²) in [5.74, 6) is 3.09. The lowest BCUT2D eigenvalue weighted by molar-refractivity contribution is -0.113. The fraction of sp³-hybridized carbons (Fsp3) is 0.435. The zero-order valence-electron chi connectivity index (χ0n) is 16.4. The molecule has 0 radical (unpaired) electrons. The minimum absolute atomic E-state index is 0.0372. The van der Waals surface area contributed by atoms with E-state index in [1.54, 1.807) is 0 Å². The molecule has 2 rings (SSSR count). The van der Waals surface area contributed by atoms with E-state index in [0.29, 0.717) is 23.0 Å². The number of hydrogen-bond donors (Lipinski definition) is 0. The van der Waals surface area contributed by atoms with Crippen LogP contribution in [0.3, 0.4) is 0 Å². The number of carbonyl (C=O) groups is 1. The fourth-order valence-electron chi connectivity index (χ4n) is 4.27. The van der Waals surface area contributed by atoms with Gasteiger partial charge in [0.25, 0.3) is 0 Å². The maximum atomic E-state index is 12.6. The molecule has 0 amide bonds. The lowest BCUT2D eigenvalue weighted by atomic mass is 10.0. The first kappa shape index (κ1) is 19.5. The molecule has 0 atom stereocenters. The van der Waals surface area contributed by atoms with E-state index < -0.39 is 8.07 Å². The first-order valence-electron chi connectivity index (χ1n) is 9.31. The Hall–Kier alpha value is -1.85. The summed E-state index contributed by atoms with van der Waals surface area (Å²) in [4.78, 5) is 12.6. The highest BCUT2D eigenvalue weighted by molar-refractivity contribution is 6.90. The molecule has 0 aliphatic carbocycles. The Labute approximate surface area is 153 Å². The second-order valence-electron chi connectivity index (χ2n) is 7.89. The van der Waals surface area contributed by atoms with Gasteiger partial charge in [0.2, 0.25) is 5.78 Å². The summed E-state index contributed by atoms with van der Waals surface area (Å²) in [6.07, 6.45) is 0.396. The van der Waals surface area contributed by atoms with Gasteiger partial charge in [-0.05, 0) is 38.9 Å². The average molecular weight is 351 g/mol. The average Bonchev–Trinajstić information content (AvgIpc) is 2.54. The largest absolute Gasteiger partial charge is 0.285 e. The van der Waals surface area contributed by atoms with Gasteiger partial charge in [-0.2, -0.15) is 0 Å². The van der Waals surface area contributed by atoms with Crippen molar-refractivity contribution < 1.29 is 4.79 Å². The van der Waals surface area contributed by atoms with Crippen molar-refractivity contribution in [3.8, 4) is 11.5 Å². The zero-order valence-corrected chi connectivity index (χ0v) is 17.4. The first-order valence-corrected chi connectivity index (χ1v) is 11.5. The van der Waals surface area contributed by atoms with E-state index in [-0.39, 0.29) is 5.78 Å². The third-order valence-corrected chi connectivity index (χ3v) is 11.8. The van der Waals surface area contributed by atoms with Crippen LogP contribution in [0, 0.1) is 11.5 Å². The van der Waals surface area contributed by atoms with Crippen LogP contribution in [0.5, 0.6) is 0 Å². The highest BCUT2D eigenvalue weighted by Gasteiger charge is 2.41. The number of Topliss-reactive ketones (excluding diaryl/α,β-unsaturated/α-hetero) is 1. The Morgan fingerprint density at radius 1 is 0.880 bits per heavy atom. The number of hydrogen-bond acceptors (Lipinski definition) is 1. The van der Waals surface area contributed by atoms with Crippen LogP contribution in [-0.2, 0) is 11.2 Å². The molecule has 1 nitrogen and oxygen atoms in total. The molecule has 0 spiro atoms. The molecule has 2 heteroatoms. The highest BCUT2D eigenvalue weighted by Crippen LogP contribution is 2.40. The summed E-state index contributed by atoms with van der Waals surface area (Å²) in [5, 5.41) is 2.33. The van der Waals surface area contributed by atoms with Crippen molar-refractivity contribution in [3.63, 3.8) is 0 Å². The molecule has 25 heavy (non-hydrogen) atoms. The second kappa shape index (κ2) is 8.02. The number of fused-ring (bicyclic) bond motifs is 1. The predicted octanol–water partition coefficient (Wildman–Crippen LogP) is 6.17. The molecule has 0 fully saturated rings. The minimum atomic E-state index is -1.84. The smallest absolute Gasteiger partial charge is 0.209 e. The van der Waals surface area contributed by atoms with E-state index in [1.807, 2.05) is 24.3 Å². The van der Waals surface area contributed by atoms with Gasteiger partial charge in [0.15, 0.2) is 0 Å². The molecular formula is C23H30OSi. The molecule has 0 N–H and O–H groups in total. The van der Waals surface area contributed by atoms with Crippen LogP contribution >= 0.6 is 0 Å². The topological polar surface area (TPSA) is 17.1 Å². The number of ketones is 1. The molecule has 2 aromatic carbocycles. The van der Waals surface area contributed by atoms with Gasteiger partial charge in [-0.25, -0.2) is 0 Å². The SMILES string of the molecule is CC(C)[Si](C#CC(=O)Cc1cccc2ccccc12)(C(C)C)C(C)C. The van der Waals surface area contributed by atoms with Crippen molar-refractivity contribution in [1.82, 2.24) is 0 Å². The van der Waals surface area contributed by atoms with Crippen molar-refractivity contribution in [2.45, 2.75) is 64.6 Å². The molecule has 132 valence electrons. The summed E-state index contributed by atoms with van der Waals surface area (Å²) in [6, 6.07) is 14.4. The third kappa shape index (κ3) is 4.04. The van der Waals surface area contributed by atoms with Crippen LogP contribution < -0.4 is 0 Å². The molecule has 2 aromatic rings. The molecule has 0 aliphatic heterocycles. The van der Waals surface area contributed by atoms with E-state index >= 15 is 0 Å². The quantitative estimate of drug-likeness (QED) is 0.465. The Morgan fingerprint density at radius 2 is 1.44 bits per heavy atom. The van der Waals surface area contributed by atoms with Crippen molar-refractivity contribution in [1.29, 1.82) is 0 Å². The van der Waals surface area contributed by atoms with Gasteiger partial charge in [-0.3, -0.25) is 4.79 Å². The first-order chi connectivity index (χ1) is 11.8. The summed E-state index contributed by atoms with van der Waals surface area (Å²) >= 11 is 0. The Kier molecular flexibility index (Phi) is 6.24. The van der Waals surface area contributed by atoms with E-state index in [4.69, 9.17) is 0 Å². The summed E-state index contributed by atoms with van der Waals surface area (Å²) < 4.78 is 0. The lowest BCUT2D eigenvalue weighted by Crippen LogP contribution is -2.43. The molecule has 0 aliphatic rings. The van der Waals surface area contributed by atoms with Gasteiger partial charge in [0.05, 0.1) is 0 Å². The van der Waals surface area contributed by atoms with E-state index in [0.717, 1.165) is 10.9 Å². The maximum absolute atomic E-state index is 12.6. The number of rotatable bonds is 5. The van der Waals surface area contributed by atoms with Crippen molar-refractivity contribution >= 4 is 24.6 Å². The Bertz CT molecular complexity index is 778. The molecule has 0 unspecified atom stereocenters. The Morgan fingerprint density at radius 3 is 2.04 bits per heavy atom. The Balaban J connectivity index is 2.32. The minimum Gasteiger partial charge on any atom is -0.285 e. The van der Waals surface area contributed by atoms with E-state index in [9.17, 15) is 4.79 Å². The monoisotopic (exact) mass is 350 g/mol. The molecule has 0 bridgehead atoms. The number of carbonyl (C=O) groups excluding carboxylic acids is 1. The van der Waals surface area contributed by atoms with E-state index in [1.165, 1.54) is 5.39 Å². The van der Waals surface area contributed by atoms with Gasteiger partial charge >= 0.3 is 0 Å². The predicted molar refractivity (Wildman–Crippen MR) is 111 cm³/mol. The van der Waals surface area contributed by atoms with Gasteiger partial charge < -0.3 is 0 Å². The van der Waals surface area contributed by atoms with Gasteiger partial charge in [0.1, 0.15) is 8.07 Å². The van der Waals surface area contributed by atoms with Gasteiger partial charge in [-0.15, -0.1) is 5.54 Å². The molecule has 0 heterocycles. The highest BCUT2D eigenvalue weighted by atomic mass is 28.3. The van der Waals surface area contributed by atoms with Crippen LogP contribution in [-0.4, -0.2) is 13.9 Å². The summed E-state index contributed by atoms with van der Waals surface area (Å²) in [7, 11) is -1.84. The van der Waals surface area contributed by atoms with Crippen LogP contribution in [0.25, 0.3) is 10.8 Å². The number of benzene rings is 2. The van der Waals surface area contributed by atoms with Crippen LogP contribution in [0.2, 0.25) is 16.6 Å².